The van der Waals surface area contributed by atoms with E-state index >= 15 is 4.39 Å². The molecular formula is C31H37FN6O4. The van der Waals surface area contributed by atoms with Gasteiger partial charge >= 0.3 is 6.01 Å². The largest absolute Gasteiger partial charge is 0.505 e. The van der Waals surface area contributed by atoms with Crippen molar-refractivity contribution in [2.24, 2.45) is 0 Å². The van der Waals surface area contributed by atoms with Crippen LogP contribution < -0.4 is 14.5 Å². The van der Waals surface area contributed by atoms with Gasteiger partial charge in [-0.25, -0.2) is 4.39 Å². The maximum atomic E-state index is 15.4. The van der Waals surface area contributed by atoms with E-state index in [1.807, 2.05) is 29.2 Å². The second kappa shape index (κ2) is 12.5. The first kappa shape index (κ1) is 28.2. The van der Waals surface area contributed by atoms with E-state index in [0.29, 0.717) is 64.0 Å². The second-order valence-electron chi connectivity index (χ2n) is 10.9. The van der Waals surface area contributed by atoms with Crippen molar-refractivity contribution < 1.29 is 23.8 Å². The summed E-state index contributed by atoms with van der Waals surface area (Å²) in [4.78, 5) is 30.1. The Hall–Kier alpha value is -3.96. The summed E-state index contributed by atoms with van der Waals surface area (Å²) in [5.41, 5.74) is 2.17. The smallest absolute Gasteiger partial charge is 0.318 e. The van der Waals surface area contributed by atoms with Gasteiger partial charge in [0.25, 0.3) is 0 Å². The monoisotopic (exact) mass is 576 g/mol. The maximum absolute atomic E-state index is 15.4. The molecule has 2 saturated heterocycles. The van der Waals surface area contributed by atoms with Gasteiger partial charge in [-0.15, -0.1) is 0 Å². The minimum absolute atomic E-state index is 0.0698. The van der Waals surface area contributed by atoms with Crippen LogP contribution in [-0.2, 0) is 22.5 Å². The quantitative estimate of drug-likeness (QED) is 0.321. The van der Waals surface area contributed by atoms with Crippen LogP contribution in [0.3, 0.4) is 0 Å². The minimum atomic E-state index is -0.631. The number of ether oxygens (including phenoxy) is 2. The SMILES string of the molecule is C=CC(=O)N1CCN(c2nc(OCCCN3CCOCC3)nc3c2CCN(c2c(F)c(O)cc4ccccc24)C3)CC1. The number of carbonyl (C=O) groups excluding carboxylic acids is 1. The first-order valence-electron chi connectivity index (χ1n) is 14.7. The fourth-order valence-electron chi connectivity index (χ4n) is 6.05. The van der Waals surface area contributed by atoms with E-state index in [1.54, 1.807) is 4.90 Å². The average Bonchev–Trinajstić information content (AvgIpc) is 3.03. The average molecular weight is 577 g/mol. The van der Waals surface area contributed by atoms with E-state index in [9.17, 15) is 9.90 Å². The van der Waals surface area contributed by atoms with Crippen molar-refractivity contribution in [3.05, 3.63) is 60.1 Å². The molecule has 3 aliphatic rings. The molecule has 3 aliphatic heterocycles. The third-order valence-electron chi connectivity index (χ3n) is 8.30. The highest BCUT2D eigenvalue weighted by Gasteiger charge is 2.30. The van der Waals surface area contributed by atoms with Crippen molar-refractivity contribution in [2.45, 2.75) is 19.4 Å². The third-order valence-corrected chi connectivity index (χ3v) is 8.30. The molecule has 3 aromatic rings. The lowest BCUT2D eigenvalue weighted by Crippen LogP contribution is -2.49. The Bertz CT molecular complexity index is 1460. The normalized spacial score (nSPS) is 17.8. The summed E-state index contributed by atoms with van der Waals surface area (Å²) in [5, 5.41) is 11.9. The molecule has 1 amide bonds. The van der Waals surface area contributed by atoms with Gasteiger partial charge in [-0.2, -0.15) is 9.97 Å². The molecule has 42 heavy (non-hydrogen) atoms. The van der Waals surface area contributed by atoms with E-state index in [0.717, 1.165) is 67.1 Å². The molecule has 0 saturated carbocycles. The van der Waals surface area contributed by atoms with Gasteiger partial charge in [0.15, 0.2) is 11.6 Å². The lowest BCUT2D eigenvalue weighted by molar-refractivity contribution is -0.126. The number of anilines is 2. The maximum Gasteiger partial charge on any atom is 0.318 e. The molecule has 1 aromatic heterocycles. The minimum Gasteiger partial charge on any atom is -0.505 e. The number of halogens is 1. The summed E-state index contributed by atoms with van der Waals surface area (Å²) < 4.78 is 27.0. The number of fused-ring (bicyclic) bond motifs is 2. The van der Waals surface area contributed by atoms with Crippen molar-refractivity contribution in [3.8, 4) is 11.8 Å². The predicted octanol–water partition coefficient (Wildman–Crippen LogP) is 2.97. The summed E-state index contributed by atoms with van der Waals surface area (Å²) in [6.45, 7) is 11.7. The topological polar surface area (TPSA) is 94.5 Å². The predicted molar refractivity (Wildman–Crippen MR) is 159 cm³/mol. The van der Waals surface area contributed by atoms with E-state index in [2.05, 4.69) is 16.4 Å². The summed E-state index contributed by atoms with van der Waals surface area (Å²) in [7, 11) is 0. The van der Waals surface area contributed by atoms with E-state index in [4.69, 9.17) is 19.4 Å². The van der Waals surface area contributed by atoms with Crippen LogP contribution in [0.4, 0.5) is 15.9 Å². The van der Waals surface area contributed by atoms with Crippen LogP contribution in [0.15, 0.2) is 43.0 Å². The molecule has 0 bridgehead atoms. The number of amides is 1. The lowest BCUT2D eigenvalue weighted by Gasteiger charge is -2.38. The number of hydrogen-bond donors (Lipinski definition) is 1. The van der Waals surface area contributed by atoms with Crippen LogP contribution in [0.25, 0.3) is 10.8 Å². The number of phenolic OH excluding ortho intramolecular Hbond substituents is 1. The Balaban J connectivity index is 1.26. The first-order chi connectivity index (χ1) is 20.5. The zero-order chi connectivity index (χ0) is 29.1. The van der Waals surface area contributed by atoms with Gasteiger partial charge in [0.1, 0.15) is 5.82 Å². The number of carbonyl (C=O) groups is 1. The Kier molecular flexibility index (Phi) is 8.38. The van der Waals surface area contributed by atoms with Gasteiger partial charge in [-0.1, -0.05) is 30.8 Å². The van der Waals surface area contributed by atoms with Gasteiger partial charge in [0.2, 0.25) is 5.91 Å². The fraction of sp³-hybridized carbons (Fsp3) is 0.452. The Labute approximate surface area is 244 Å². The Morgan fingerprint density at radius 3 is 2.64 bits per heavy atom. The van der Waals surface area contributed by atoms with Crippen molar-refractivity contribution in [1.29, 1.82) is 0 Å². The molecule has 0 radical (unpaired) electrons. The molecule has 2 fully saturated rings. The van der Waals surface area contributed by atoms with Crippen LogP contribution >= 0.6 is 0 Å². The molecule has 0 unspecified atom stereocenters. The summed E-state index contributed by atoms with van der Waals surface area (Å²) in [6.07, 6.45) is 2.80. The zero-order valence-corrected chi connectivity index (χ0v) is 23.8. The van der Waals surface area contributed by atoms with Crippen molar-refractivity contribution in [2.75, 3.05) is 82.0 Å². The van der Waals surface area contributed by atoms with Crippen LogP contribution in [0.2, 0.25) is 0 Å². The van der Waals surface area contributed by atoms with Crippen molar-refractivity contribution >= 4 is 28.2 Å². The molecule has 11 heteroatoms. The van der Waals surface area contributed by atoms with E-state index in [-0.39, 0.29) is 11.7 Å². The summed E-state index contributed by atoms with van der Waals surface area (Å²) in [6, 6.07) is 9.26. The molecule has 1 N–H and O–H groups in total. The number of rotatable bonds is 8. The summed E-state index contributed by atoms with van der Waals surface area (Å²) in [5.74, 6) is -0.252. The fourth-order valence-corrected chi connectivity index (χ4v) is 6.05. The van der Waals surface area contributed by atoms with Crippen molar-refractivity contribution in [3.63, 3.8) is 0 Å². The highest BCUT2D eigenvalue weighted by atomic mass is 19.1. The van der Waals surface area contributed by atoms with Gasteiger partial charge in [0.05, 0.1) is 37.7 Å². The standard InChI is InChI=1S/C31H37FN6O4/c1-2-27(40)36-11-13-37(14-12-36)30-24-8-10-38(29-23-7-4-3-6-22(23)20-26(39)28(29)32)21-25(24)33-31(34-30)42-17-5-9-35-15-18-41-19-16-35/h2-4,6-7,20,39H,1,5,8-19,21H2. The lowest BCUT2D eigenvalue weighted by atomic mass is 10.0. The number of nitrogens with zero attached hydrogens (tertiary/aromatic N) is 6. The number of morpholine rings is 1. The molecule has 222 valence electrons. The van der Waals surface area contributed by atoms with Gasteiger partial charge in [-0.05, 0) is 30.4 Å². The molecule has 0 atom stereocenters. The molecule has 6 rings (SSSR count). The Morgan fingerprint density at radius 1 is 1.07 bits per heavy atom. The Morgan fingerprint density at radius 2 is 1.86 bits per heavy atom. The van der Waals surface area contributed by atoms with Crippen molar-refractivity contribution in [1.82, 2.24) is 19.8 Å². The number of phenols is 1. The first-order valence-corrected chi connectivity index (χ1v) is 14.7. The molecule has 0 aliphatic carbocycles. The van der Waals surface area contributed by atoms with E-state index in [1.165, 1.54) is 12.1 Å². The van der Waals surface area contributed by atoms with Crippen LogP contribution in [-0.4, -0.2) is 103 Å². The van der Waals surface area contributed by atoms with Crippen LogP contribution in [0.1, 0.15) is 17.7 Å². The van der Waals surface area contributed by atoms with Gasteiger partial charge in [0, 0.05) is 63.3 Å². The molecule has 0 spiro atoms. The number of hydrogen-bond acceptors (Lipinski definition) is 9. The highest BCUT2D eigenvalue weighted by Crippen LogP contribution is 2.39. The molecule has 4 heterocycles. The van der Waals surface area contributed by atoms with Gasteiger partial charge < -0.3 is 29.3 Å². The van der Waals surface area contributed by atoms with Gasteiger partial charge in [-0.3, -0.25) is 9.69 Å². The molecule has 2 aromatic carbocycles. The third kappa shape index (κ3) is 5.84. The zero-order valence-electron chi connectivity index (χ0n) is 23.8. The number of piperazine rings is 1. The number of aromatic nitrogens is 2. The number of aromatic hydroxyl groups is 1. The second-order valence-corrected chi connectivity index (χ2v) is 10.9. The van der Waals surface area contributed by atoms with Crippen LogP contribution in [0, 0.1) is 5.82 Å². The number of benzene rings is 2. The van der Waals surface area contributed by atoms with E-state index < -0.39 is 5.82 Å². The highest BCUT2D eigenvalue weighted by molar-refractivity contribution is 5.96. The molecular weight excluding hydrogens is 539 g/mol. The summed E-state index contributed by atoms with van der Waals surface area (Å²) >= 11 is 0. The molecule has 10 nitrogen and oxygen atoms in total. The van der Waals surface area contributed by atoms with Crippen LogP contribution in [0.5, 0.6) is 11.8 Å².